The van der Waals surface area contributed by atoms with Crippen LogP contribution in [0.5, 0.6) is 0 Å². The topological polar surface area (TPSA) is 109 Å². The third-order valence-electron chi connectivity index (χ3n) is 8.17. The molecule has 0 radical (unpaired) electrons. The number of primary amides is 1. The summed E-state index contributed by atoms with van der Waals surface area (Å²) >= 11 is 0. The molecule has 2 fully saturated rings. The summed E-state index contributed by atoms with van der Waals surface area (Å²) in [6, 6.07) is 19.3. The summed E-state index contributed by atoms with van der Waals surface area (Å²) < 4.78 is 61.7. The normalized spacial score (nSPS) is 16.1. The number of piperazine rings is 1. The molecule has 13 heteroatoms. The van der Waals surface area contributed by atoms with E-state index in [0.29, 0.717) is 51.0 Å². The second-order valence-electron chi connectivity index (χ2n) is 11.1. The maximum absolute atomic E-state index is 14.0. The molecule has 2 N–H and O–H groups in total. The van der Waals surface area contributed by atoms with Gasteiger partial charge in [-0.1, -0.05) is 42.5 Å². The summed E-state index contributed by atoms with van der Waals surface area (Å²) in [6.45, 7) is 3.46. The quantitative estimate of drug-likeness (QED) is 0.163. The van der Waals surface area contributed by atoms with Crippen molar-refractivity contribution in [1.29, 1.82) is 0 Å². The predicted octanol–water partition coefficient (Wildman–Crippen LogP) is 5.38. The molecule has 0 unspecified atom stereocenters. The minimum absolute atomic E-state index is 0.0287. The van der Waals surface area contributed by atoms with Crippen LogP contribution < -0.4 is 15.5 Å². The van der Waals surface area contributed by atoms with Gasteiger partial charge in [0.25, 0.3) is 6.01 Å². The number of hydrogen-bond acceptors (Lipinski definition) is 8. The van der Waals surface area contributed by atoms with Gasteiger partial charge in [-0.2, -0.15) is 18.2 Å². The van der Waals surface area contributed by atoms with Crippen molar-refractivity contribution in [2.24, 2.45) is 5.73 Å². The number of amides is 1. The Morgan fingerprint density at radius 1 is 0.913 bits per heavy atom. The highest BCUT2D eigenvalue weighted by molar-refractivity contribution is 5.97. The lowest BCUT2D eigenvalue weighted by atomic mass is 9.90. The van der Waals surface area contributed by atoms with Crippen molar-refractivity contribution in [3.05, 3.63) is 95.6 Å². The standard InChI is InChI=1S/C32H31F4N5O2.CH3NO/c33-26-9-5-4-8-25(26)27(42)21-39-16-18-40(19-17-39)28-11-10-24(20-37-28)29-30(32(34,35)36)38-31(43-29)41-14-12-23(13-15-41)22-6-2-1-3-7-22;2-1-3/h1-11,20,23H,12-19,21H2;1H,(H2,2,3). The van der Waals surface area contributed by atoms with E-state index in [2.05, 4.69) is 27.8 Å². The van der Waals surface area contributed by atoms with E-state index in [9.17, 15) is 22.4 Å². The number of carbonyl (C=O) groups is 2. The monoisotopic (exact) mass is 638 g/mol. The van der Waals surface area contributed by atoms with Gasteiger partial charge in [-0.05, 0) is 48.6 Å². The average molecular weight is 639 g/mol. The zero-order chi connectivity index (χ0) is 32.7. The van der Waals surface area contributed by atoms with Crippen molar-refractivity contribution in [2.45, 2.75) is 24.9 Å². The second kappa shape index (κ2) is 14.5. The minimum Gasteiger partial charge on any atom is -0.423 e. The van der Waals surface area contributed by atoms with Crippen molar-refractivity contribution in [1.82, 2.24) is 14.9 Å². The number of hydrogen-bond donors (Lipinski definition) is 1. The number of Topliss-reactive ketones (excluding diaryl/α,β-unsaturated/α-hetero) is 1. The number of piperidine rings is 1. The van der Waals surface area contributed by atoms with Crippen LogP contribution in [-0.2, 0) is 11.0 Å². The maximum atomic E-state index is 14.0. The summed E-state index contributed by atoms with van der Waals surface area (Å²) in [4.78, 5) is 35.2. The van der Waals surface area contributed by atoms with Gasteiger partial charge in [0.1, 0.15) is 11.6 Å². The second-order valence-corrected chi connectivity index (χ2v) is 11.1. The van der Waals surface area contributed by atoms with Crippen molar-refractivity contribution in [3.63, 3.8) is 0 Å². The van der Waals surface area contributed by atoms with Crippen LogP contribution in [0.3, 0.4) is 0 Å². The van der Waals surface area contributed by atoms with Gasteiger partial charge in [-0.15, -0.1) is 0 Å². The van der Waals surface area contributed by atoms with Crippen LogP contribution in [0.2, 0.25) is 0 Å². The lowest BCUT2D eigenvalue weighted by molar-refractivity contribution is -0.140. The van der Waals surface area contributed by atoms with Gasteiger partial charge in [-0.3, -0.25) is 14.5 Å². The third-order valence-corrected chi connectivity index (χ3v) is 8.17. The largest absolute Gasteiger partial charge is 0.437 e. The number of aromatic nitrogens is 2. The van der Waals surface area contributed by atoms with Crippen molar-refractivity contribution < 1.29 is 31.6 Å². The number of rotatable bonds is 7. The Balaban J connectivity index is 0.00000134. The average Bonchev–Trinajstić information content (AvgIpc) is 3.53. The van der Waals surface area contributed by atoms with E-state index in [0.717, 1.165) is 12.8 Å². The highest BCUT2D eigenvalue weighted by Gasteiger charge is 2.40. The Kier molecular flexibility index (Phi) is 10.3. The number of nitrogens with two attached hydrogens (primary N) is 1. The van der Waals surface area contributed by atoms with Crippen molar-refractivity contribution in [3.8, 4) is 11.3 Å². The number of benzene rings is 2. The third kappa shape index (κ3) is 7.71. The van der Waals surface area contributed by atoms with E-state index in [1.165, 1.54) is 23.9 Å². The van der Waals surface area contributed by atoms with Gasteiger partial charge in [0.2, 0.25) is 6.41 Å². The molecule has 4 heterocycles. The van der Waals surface area contributed by atoms with E-state index < -0.39 is 17.7 Å². The fourth-order valence-electron chi connectivity index (χ4n) is 5.78. The number of nitrogens with zero attached hydrogens (tertiary/aromatic N) is 5. The van der Waals surface area contributed by atoms with E-state index >= 15 is 0 Å². The number of oxazole rings is 1. The smallest absolute Gasteiger partial charge is 0.423 e. The van der Waals surface area contributed by atoms with E-state index in [1.54, 1.807) is 29.2 Å². The van der Waals surface area contributed by atoms with Crippen LogP contribution in [0.15, 0.2) is 77.3 Å². The number of ketones is 1. The van der Waals surface area contributed by atoms with Crippen LogP contribution >= 0.6 is 0 Å². The fourth-order valence-corrected chi connectivity index (χ4v) is 5.78. The first-order valence-electron chi connectivity index (χ1n) is 14.9. The molecule has 1 amide bonds. The van der Waals surface area contributed by atoms with Gasteiger partial charge in [0.05, 0.1) is 12.1 Å². The lowest BCUT2D eigenvalue weighted by Crippen LogP contribution is -2.48. The van der Waals surface area contributed by atoms with Crippen LogP contribution in [-0.4, -0.2) is 72.9 Å². The zero-order valence-electron chi connectivity index (χ0n) is 25.0. The van der Waals surface area contributed by atoms with Crippen molar-refractivity contribution >= 4 is 24.0 Å². The summed E-state index contributed by atoms with van der Waals surface area (Å²) in [5.74, 6) is -0.194. The zero-order valence-corrected chi connectivity index (χ0v) is 25.0. The SMILES string of the molecule is NC=O.O=C(CN1CCN(c2ccc(-c3oc(N4CCC(c5ccccc5)CC4)nc3C(F)(F)F)cn2)CC1)c1ccccc1F. The molecule has 4 aromatic rings. The summed E-state index contributed by atoms with van der Waals surface area (Å²) in [5.41, 5.74) is 4.61. The Labute approximate surface area is 263 Å². The molecule has 46 heavy (non-hydrogen) atoms. The first-order chi connectivity index (χ1) is 22.2. The predicted molar refractivity (Wildman–Crippen MR) is 165 cm³/mol. The molecule has 242 valence electrons. The van der Waals surface area contributed by atoms with Gasteiger partial charge >= 0.3 is 6.18 Å². The van der Waals surface area contributed by atoms with Gasteiger partial charge in [0.15, 0.2) is 17.2 Å². The van der Waals surface area contributed by atoms with Crippen LogP contribution in [0, 0.1) is 5.82 Å². The summed E-state index contributed by atoms with van der Waals surface area (Å²) in [7, 11) is 0. The maximum Gasteiger partial charge on any atom is 0.437 e. The van der Waals surface area contributed by atoms with Gasteiger partial charge < -0.3 is 20.0 Å². The molecule has 2 saturated heterocycles. The first kappa shape index (κ1) is 32.6. The highest BCUT2D eigenvalue weighted by atomic mass is 19.4. The molecule has 2 aromatic carbocycles. The van der Waals surface area contributed by atoms with Crippen LogP contribution in [0.1, 0.15) is 40.4 Å². The molecule has 0 saturated carbocycles. The van der Waals surface area contributed by atoms with Crippen molar-refractivity contribution in [2.75, 3.05) is 55.6 Å². The molecule has 2 aromatic heterocycles. The number of halogens is 4. The molecular weight excluding hydrogens is 604 g/mol. The molecule has 0 spiro atoms. The van der Waals surface area contributed by atoms with Gasteiger partial charge in [-0.25, -0.2) is 9.37 Å². The van der Waals surface area contributed by atoms with E-state index in [1.807, 2.05) is 28.0 Å². The minimum atomic E-state index is -4.69. The molecule has 2 aliphatic rings. The van der Waals surface area contributed by atoms with E-state index in [-0.39, 0.29) is 41.6 Å². The summed E-state index contributed by atoms with van der Waals surface area (Å²) in [5, 5.41) is 0. The molecular formula is C33H34F4N6O3. The Morgan fingerprint density at radius 3 is 2.17 bits per heavy atom. The Morgan fingerprint density at radius 2 is 1.57 bits per heavy atom. The molecule has 0 bridgehead atoms. The first-order valence-corrected chi connectivity index (χ1v) is 14.9. The molecule has 2 aliphatic heterocycles. The Bertz CT molecular complexity index is 1600. The van der Waals surface area contributed by atoms with Crippen LogP contribution in [0.4, 0.5) is 29.4 Å². The molecule has 0 atom stereocenters. The highest BCUT2D eigenvalue weighted by Crippen LogP contribution is 2.40. The van der Waals surface area contributed by atoms with E-state index in [4.69, 9.17) is 9.21 Å². The lowest BCUT2D eigenvalue weighted by Gasteiger charge is -2.35. The number of pyridine rings is 1. The number of anilines is 2. The fraction of sp³-hybridized carbons (Fsp3) is 0.333. The Hall–Kier alpha value is -4.78. The molecule has 0 aliphatic carbocycles. The molecule has 6 rings (SSSR count). The number of carbonyl (C=O) groups excluding carboxylic acids is 2. The molecule has 9 nitrogen and oxygen atoms in total. The summed E-state index contributed by atoms with van der Waals surface area (Å²) in [6.07, 6.45) is -1.47. The van der Waals surface area contributed by atoms with Gasteiger partial charge in [0, 0.05) is 51.0 Å². The van der Waals surface area contributed by atoms with Crippen LogP contribution in [0.25, 0.3) is 11.3 Å². The number of alkyl halides is 3.